The van der Waals surface area contributed by atoms with E-state index in [4.69, 9.17) is 4.74 Å². The van der Waals surface area contributed by atoms with E-state index in [9.17, 15) is 4.79 Å². The van der Waals surface area contributed by atoms with Crippen LogP contribution in [0.2, 0.25) is 0 Å². The number of carbonyl (C=O) groups excluding carboxylic acids is 1. The van der Waals surface area contributed by atoms with Crippen LogP contribution in [-0.4, -0.2) is 46.2 Å². The van der Waals surface area contributed by atoms with Crippen LogP contribution in [0.15, 0.2) is 12.3 Å². The standard InChI is InChI=1S/C13H20N4O2/c1-9-7-17(8-10(2)19-9)13(18)15-6-12-4-5-14-11(3)16-12/h4-5,9-10H,6-8H2,1-3H3,(H,15,18). The molecule has 2 rings (SSSR count). The van der Waals surface area contributed by atoms with Crippen molar-refractivity contribution in [2.24, 2.45) is 0 Å². The van der Waals surface area contributed by atoms with Gasteiger partial charge in [0.1, 0.15) is 5.82 Å². The number of hydrogen-bond donors (Lipinski definition) is 1. The molecule has 6 heteroatoms. The average molecular weight is 264 g/mol. The van der Waals surface area contributed by atoms with Crippen LogP contribution in [0.5, 0.6) is 0 Å². The van der Waals surface area contributed by atoms with E-state index in [2.05, 4.69) is 15.3 Å². The monoisotopic (exact) mass is 264 g/mol. The highest BCUT2D eigenvalue weighted by atomic mass is 16.5. The second-order valence-corrected chi connectivity index (χ2v) is 4.92. The van der Waals surface area contributed by atoms with Crippen LogP contribution >= 0.6 is 0 Å². The molecule has 1 aliphatic rings. The van der Waals surface area contributed by atoms with Crippen LogP contribution < -0.4 is 5.32 Å². The molecule has 1 aromatic rings. The highest BCUT2D eigenvalue weighted by Gasteiger charge is 2.25. The average Bonchev–Trinajstić information content (AvgIpc) is 2.35. The number of aromatic nitrogens is 2. The van der Waals surface area contributed by atoms with Crippen LogP contribution in [0.3, 0.4) is 0 Å². The minimum atomic E-state index is -0.0711. The number of urea groups is 1. The number of aryl methyl sites for hydroxylation is 1. The van der Waals surface area contributed by atoms with Crippen molar-refractivity contribution in [1.29, 1.82) is 0 Å². The molecule has 0 saturated carbocycles. The highest BCUT2D eigenvalue weighted by Crippen LogP contribution is 2.10. The Morgan fingerprint density at radius 1 is 1.47 bits per heavy atom. The zero-order valence-electron chi connectivity index (χ0n) is 11.6. The van der Waals surface area contributed by atoms with Crippen molar-refractivity contribution in [2.45, 2.75) is 39.5 Å². The summed E-state index contributed by atoms with van der Waals surface area (Å²) < 4.78 is 5.60. The number of nitrogens with zero attached hydrogens (tertiary/aromatic N) is 3. The zero-order chi connectivity index (χ0) is 13.8. The summed E-state index contributed by atoms with van der Waals surface area (Å²) >= 11 is 0. The Hall–Kier alpha value is -1.69. The SMILES string of the molecule is Cc1nccc(CNC(=O)N2CC(C)OC(C)C2)n1. The second kappa shape index (κ2) is 5.97. The topological polar surface area (TPSA) is 67.4 Å². The fourth-order valence-electron chi connectivity index (χ4n) is 2.23. The van der Waals surface area contributed by atoms with E-state index in [1.165, 1.54) is 0 Å². The van der Waals surface area contributed by atoms with Crippen LogP contribution in [0.25, 0.3) is 0 Å². The largest absolute Gasteiger partial charge is 0.372 e. The summed E-state index contributed by atoms with van der Waals surface area (Å²) in [6.45, 7) is 7.45. The molecule has 1 saturated heterocycles. The Balaban J connectivity index is 1.87. The maximum absolute atomic E-state index is 12.1. The van der Waals surface area contributed by atoms with Gasteiger partial charge in [0.25, 0.3) is 0 Å². The van der Waals surface area contributed by atoms with E-state index in [1.807, 2.05) is 20.8 Å². The number of amides is 2. The van der Waals surface area contributed by atoms with E-state index >= 15 is 0 Å². The molecular weight excluding hydrogens is 244 g/mol. The van der Waals surface area contributed by atoms with Gasteiger partial charge in [0.05, 0.1) is 24.4 Å². The van der Waals surface area contributed by atoms with Gasteiger partial charge in [-0.3, -0.25) is 0 Å². The number of carbonyl (C=O) groups is 1. The fraction of sp³-hybridized carbons (Fsp3) is 0.615. The minimum Gasteiger partial charge on any atom is -0.372 e. The van der Waals surface area contributed by atoms with E-state index < -0.39 is 0 Å². The van der Waals surface area contributed by atoms with Crippen molar-refractivity contribution in [3.8, 4) is 0 Å². The lowest BCUT2D eigenvalue weighted by Crippen LogP contribution is -2.51. The summed E-state index contributed by atoms with van der Waals surface area (Å²) in [7, 11) is 0. The quantitative estimate of drug-likeness (QED) is 0.868. The third-order valence-corrected chi connectivity index (χ3v) is 2.96. The molecule has 0 aliphatic carbocycles. The molecule has 0 aromatic carbocycles. The van der Waals surface area contributed by atoms with Crippen LogP contribution in [0.4, 0.5) is 4.79 Å². The molecule has 2 atom stereocenters. The lowest BCUT2D eigenvalue weighted by atomic mass is 10.2. The molecule has 6 nitrogen and oxygen atoms in total. The first-order chi connectivity index (χ1) is 9.04. The van der Waals surface area contributed by atoms with Gasteiger partial charge in [-0.2, -0.15) is 0 Å². The molecule has 0 spiro atoms. The summed E-state index contributed by atoms with van der Waals surface area (Å²) in [5.41, 5.74) is 0.815. The van der Waals surface area contributed by atoms with E-state index in [1.54, 1.807) is 17.2 Å². The Bertz CT molecular complexity index is 442. The fourth-order valence-corrected chi connectivity index (χ4v) is 2.23. The Kier molecular flexibility index (Phi) is 4.31. The van der Waals surface area contributed by atoms with Gasteiger partial charge in [-0.1, -0.05) is 0 Å². The first kappa shape index (κ1) is 13.7. The predicted molar refractivity (Wildman–Crippen MR) is 70.6 cm³/mol. The zero-order valence-corrected chi connectivity index (χ0v) is 11.6. The van der Waals surface area contributed by atoms with Gasteiger partial charge in [0, 0.05) is 19.3 Å². The van der Waals surface area contributed by atoms with E-state index in [0.29, 0.717) is 25.5 Å². The summed E-state index contributed by atoms with van der Waals surface area (Å²) in [4.78, 5) is 22.1. The Labute approximate surface area is 113 Å². The van der Waals surface area contributed by atoms with Gasteiger partial charge in [0.15, 0.2) is 0 Å². The Morgan fingerprint density at radius 2 is 2.16 bits per heavy atom. The van der Waals surface area contributed by atoms with Crippen molar-refractivity contribution in [3.63, 3.8) is 0 Å². The summed E-state index contributed by atoms with van der Waals surface area (Å²) in [6, 6.07) is 1.73. The number of hydrogen-bond acceptors (Lipinski definition) is 4. The van der Waals surface area contributed by atoms with Crippen molar-refractivity contribution in [2.75, 3.05) is 13.1 Å². The second-order valence-electron chi connectivity index (χ2n) is 4.92. The van der Waals surface area contributed by atoms with E-state index in [-0.39, 0.29) is 18.2 Å². The Morgan fingerprint density at radius 3 is 2.79 bits per heavy atom. The van der Waals surface area contributed by atoms with Gasteiger partial charge >= 0.3 is 6.03 Å². The molecule has 1 fully saturated rings. The van der Waals surface area contributed by atoms with Gasteiger partial charge < -0.3 is 15.0 Å². The van der Waals surface area contributed by atoms with Crippen LogP contribution in [-0.2, 0) is 11.3 Å². The lowest BCUT2D eigenvalue weighted by Gasteiger charge is -2.35. The van der Waals surface area contributed by atoms with Crippen molar-refractivity contribution in [1.82, 2.24) is 20.2 Å². The lowest BCUT2D eigenvalue weighted by molar-refractivity contribution is -0.0545. The molecule has 0 bridgehead atoms. The number of rotatable bonds is 2. The van der Waals surface area contributed by atoms with Gasteiger partial charge in [-0.25, -0.2) is 14.8 Å². The maximum Gasteiger partial charge on any atom is 0.317 e. The maximum atomic E-state index is 12.1. The third kappa shape index (κ3) is 3.89. The molecule has 2 amide bonds. The smallest absolute Gasteiger partial charge is 0.317 e. The summed E-state index contributed by atoms with van der Waals surface area (Å²) in [6.07, 6.45) is 1.86. The first-order valence-electron chi connectivity index (χ1n) is 6.51. The molecule has 2 heterocycles. The molecule has 2 unspecified atom stereocenters. The number of morpholine rings is 1. The molecule has 1 aliphatic heterocycles. The van der Waals surface area contributed by atoms with Crippen molar-refractivity contribution in [3.05, 3.63) is 23.8 Å². The van der Waals surface area contributed by atoms with Crippen LogP contribution in [0.1, 0.15) is 25.4 Å². The molecule has 1 aromatic heterocycles. The summed E-state index contributed by atoms with van der Waals surface area (Å²) in [5.74, 6) is 0.709. The van der Waals surface area contributed by atoms with E-state index in [0.717, 1.165) is 5.69 Å². The molecule has 104 valence electrons. The molecular formula is C13H20N4O2. The molecule has 1 N–H and O–H groups in total. The highest BCUT2D eigenvalue weighted by molar-refractivity contribution is 5.74. The van der Waals surface area contributed by atoms with Crippen molar-refractivity contribution < 1.29 is 9.53 Å². The van der Waals surface area contributed by atoms with Gasteiger partial charge in [0.2, 0.25) is 0 Å². The first-order valence-corrected chi connectivity index (χ1v) is 6.51. The van der Waals surface area contributed by atoms with Gasteiger partial charge in [-0.15, -0.1) is 0 Å². The number of nitrogens with one attached hydrogen (secondary N) is 1. The van der Waals surface area contributed by atoms with Crippen LogP contribution in [0, 0.1) is 6.92 Å². The normalized spacial score (nSPS) is 23.2. The predicted octanol–water partition coefficient (Wildman–Crippen LogP) is 1.10. The van der Waals surface area contributed by atoms with Gasteiger partial charge in [-0.05, 0) is 26.8 Å². The molecule has 0 radical (unpaired) electrons. The molecule has 19 heavy (non-hydrogen) atoms. The van der Waals surface area contributed by atoms with Crippen molar-refractivity contribution >= 4 is 6.03 Å². The number of ether oxygens (including phenoxy) is 1. The summed E-state index contributed by atoms with van der Waals surface area (Å²) in [5, 5.41) is 2.88. The third-order valence-electron chi connectivity index (χ3n) is 2.96. The minimum absolute atomic E-state index is 0.0711.